The van der Waals surface area contributed by atoms with Gasteiger partial charge in [0.15, 0.2) is 0 Å². The van der Waals surface area contributed by atoms with Gasteiger partial charge in [0.1, 0.15) is 0 Å². The van der Waals surface area contributed by atoms with Gasteiger partial charge in [0, 0.05) is 23.7 Å². The Morgan fingerprint density at radius 3 is 2.84 bits per heavy atom. The minimum atomic E-state index is -0.523. The van der Waals surface area contributed by atoms with Gasteiger partial charge in [0.2, 0.25) is 5.91 Å². The van der Waals surface area contributed by atoms with Gasteiger partial charge < -0.3 is 16.4 Å². The Hall–Kier alpha value is -1.88. The average molecular weight is 261 g/mol. The summed E-state index contributed by atoms with van der Waals surface area (Å²) >= 11 is 0. The molecule has 0 aliphatic carbocycles. The van der Waals surface area contributed by atoms with E-state index < -0.39 is 5.91 Å². The van der Waals surface area contributed by atoms with Gasteiger partial charge >= 0.3 is 0 Å². The largest absolute Gasteiger partial charge is 0.366 e. The first-order valence-corrected chi connectivity index (χ1v) is 6.58. The molecule has 1 atom stereocenters. The van der Waals surface area contributed by atoms with Crippen LogP contribution in [0.15, 0.2) is 24.3 Å². The van der Waals surface area contributed by atoms with E-state index in [-0.39, 0.29) is 5.91 Å². The summed E-state index contributed by atoms with van der Waals surface area (Å²) in [4.78, 5) is 23.0. The number of carbonyl (C=O) groups excluding carboxylic acids is 2. The zero-order valence-electron chi connectivity index (χ0n) is 10.8. The highest BCUT2D eigenvalue weighted by molar-refractivity contribution is 5.99. The highest BCUT2D eigenvalue weighted by Crippen LogP contribution is 2.08. The predicted molar refractivity (Wildman–Crippen MR) is 72.9 cm³/mol. The summed E-state index contributed by atoms with van der Waals surface area (Å²) in [5.74, 6) is -0.689. The second-order valence-electron chi connectivity index (χ2n) is 4.78. The molecule has 1 aliphatic rings. The summed E-state index contributed by atoms with van der Waals surface area (Å²) in [6.45, 7) is 1.70. The number of hydrogen-bond acceptors (Lipinski definition) is 3. The first-order chi connectivity index (χ1) is 9.16. The molecule has 0 unspecified atom stereocenters. The lowest BCUT2D eigenvalue weighted by atomic mass is 10.1. The summed E-state index contributed by atoms with van der Waals surface area (Å²) in [5, 5.41) is 6.24. The molecule has 102 valence electrons. The molecule has 5 nitrogen and oxygen atoms in total. The van der Waals surface area contributed by atoms with Crippen molar-refractivity contribution >= 4 is 11.8 Å². The van der Waals surface area contributed by atoms with Crippen molar-refractivity contribution in [3.05, 3.63) is 35.4 Å². The van der Waals surface area contributed by atoms with Gasteiger partial charge in [0.05, 0.1) is 0 Å². The van der Waals surface area contributed by atoms with Crippen LogP contribution in [0.4, 0.5) is 0 Å². The van der Waals surface area contributed by atoms with Gasteiger partial charge in [-0.25, -0.2) is 0 Å². The highest BCUT2D eigenvalue weighted by atomic mass is 16.2. The molecular formula is C14H19N3O2. The Morgan fingerprint density at radius 1 is 1.37 bits per heavy atom. The minimum Gasteiger partial charge on any atom is -0.366 e. The first-order valence-electron chi connectivity index (χ1n) is 6.58. The normalized spacial score (nSPS) is 18.2. The fraction of sp³-hybridized carbons (Fsp3) is 0.429. The zero-order valence-corrected chi connectivity index (χ0v) is 10.8. The number of hydrogen-bond donors (Lipinski definition) is 3. The van der Waals surface area contributed by atoms with Crippen molar-refractivity contribution < 1.29 is 9.59 Å². The molecule has 0 bridgehead atoms. The van der Waals surface area contributed by atoms with E-state index in [4.69, 9.17) is 5.73 Å². The molecule has 5 heteroatoms. The van der Waals surface area contributed by atoms with Crippen LogP contribution < -0.4 is 16.4 Å². The molecular weight excluding hydrogens is 242 g/mol. The second-order valence-corrected chi connectivity index (χ2v) is 4.78. The number of rotatable bonds is 5. The van der Waals surface area contributed by atoms with Crippen LogP contribution in [0, 0.1) is 0 Å². The van der Waals surface area contributed by atoms with Gasteiger partial charge in [-0.05, 0) is 44.0 Å². The molecule has 19 heavy (non-hydrogen) atoms. The molecule has 4 N–H and O–H groups in total. The lowest BCUT2D eigenvalue weighted by Gasteiger charge is -2.11. The van der Waals surface area contributed by atoms with E-state index in [1.54, 1.807) is 18.2 Å². The molecule has 0 spiro atoms. The predicted octanol–water partition coefficient (Wildman–Crippen LogP) is 0.657. The number of primary amides is 1. The lowest BCUT2D eigenvalue weighted by molar-refractivity contribution is 0.0952. The van der Waals surface area contributed by atoms with Crippen molar-refractivity contribution in [1.29, 1.82) is 0 Å². The molecule has 1 fully saturated rings. The third kappa shape index (κ3) is 3.79. The third-order valence-corrected chi connectivity index (χ3v) is 3.35. The van der Waals surface area contributed by atoms with Gasteiger partial charge in [-0.2, -0.15) is 0 Å². The van der Waals surface area contributed by atoms with Crippen LogP contribution in [0.1, 0.15) is 40.0 Å². The highest BCUT2D eigenvalue weighted by Gasteiger charge is 2.14. The Bertz CT molecular complexity index is 468. The second kappa shape index (κ2) is 6.33. The molecule has 0 aromatic heterocycles. The van der Waals surface area contributed by atoms with Crippen LogP contribution in [0.25, 0.3) is 0 Å². The van der Waals surface area contributed by atoms with Gasteiger partial charge in [-0.3, -0.25) is 9.59 Å². The van der Waals surface area contributed by atoms with Crippen molar-refractivity contribution in [1.82, 2.24) is 10.6 Å². The first kappa shape index (κ1) is 13.5. The zero-order chi connectivity index (χ0) is 13.7. The Balaban J connectivity index is 1.85. The molecule has 1 aromatic rings. The monoisotopic (exact) mass is 261 g/mol. The van der Waals surface area contributed by atoms with Crippen molar-refractivity contribution in [2.75, 3.05) is 13.1 Å². The van der Waals surface area contributed by atoms with E-state index in [9.17, 15) is 9.59 Å². The van der Waals surface area contributed by atoms with Crippen molar-refractivity contribution in [3.63, 3.8) is 0 Å². The van der Waals surface area contributed by atoms with Crippen molar-refractivity contribution in [2.24, 2.45) is 5.73 Å². The van der Waals surface area contributed by atoms with Crippen LogP contribution in [-0.4, -0.2) is 30.9 Å². The third-order valence-electron chi connectivity index (χ3n) is 3.35. The Kier molecular flexibility index (Phi) is 4.52. The topological polar surface area (TPSA) is 84.2 Å². The minimum absolute atomic E-state index is 0.166. The molecule has 1 aromatic carbocycles. The van der Waals surface area contributed by atoms with Gasteiger partial charge in [-0.1, -0.05) is 6.07 Å². The molecule has 1 heterocycles. The van der Waals surface area contributed by atoms with Crippen molar-refractivity contribution in [2.45, 2.75) is 25.3 Å². The number of nitrogens with one attached hydrogen (secondary N) is 2. The maximum absolute atomic E-state index is 11.9. The fourth-order valence-electron chi connectivity index (χ4n) is 2.28. The van der Waals surface area contributed by atoms with E-state index in [2.05, 4.69) is 10.6 Å². The molecule has 1 saturated heterocycles. The van der Waals surface area contributed by atoms with E-state index in [1.807, 2.05) is 0 Å². The fourth-order valence-corrected chi connectivity index (χ4v) is 2.28. The summed E-state index contributed by atoms with van der Waals surface area (Å²) in [5.41, 5.74) is 6.01. The maximum Gasteiger partial charge on any atom is 0.251 e. The summed E-state index contributed by atoms with van der Waals surface area (Å²) < 4.78 is 0. The summed E-state index contributed by atoms with van der Waals surface area (Å²) in [6.07, 6.45) is 3.31. The van der Waals surface area contributed by atoms with E-state index in [1.165, 1.54) is 18.9 Å². The van der Waals surface area contributed by atoms with Crippen LogP contribution in [0.5, 0.6) is 0 Å². The van der Waals surface area contributed by atoms with Gasteiger partial charge in [0.25, 0.3) is 5.91 Å². The lowest BCUT2D eigenvalue weighted by Crippen LogP contribution is -2.30. The van der Waals surface area contributed by atoms with E-state index in [0.29, 0.717) is 23.7 Å². The Labute approximate surface area is 112 Å². The molecule has 2 rings (SSSR count). The SMILES string of the molecule is NC(=O)c1cccc(C(=O)NCC[C@H]2CCCN2)c1. The number of benzene rings is 1. The van der Waals surface area contributed by atoms with Crippen LogP contribution in [0.3, 0.4) is 0 Å². The van der Waals surface area contributed by atoms with E-state index >= 15 is 0 Å². The smallest absolute Gasteiger partial charge is 0.251 e. The molecule has 1 aliphatic heterocycles. The van der Waals surface area contributed by atoms with E-state index in [0.717, 1.165) is 13.0 Å². The van der Waals surface area contributed by atoms with Crippen LogP contribution in [0.2, 0.25) is 0 Å². The van der Waals surface area contributed by atoms with Crippen LogP contribution >= 0.6 is 0 Å². The number of amides is 2. The maximum atomic E-state index is 11.9. The van der Waals surface area contributed by atoms with Crippen molar-refractivity contribution in [3.8, 4) is 0 Å². The summed E-state index contributed by atoms with van der Waals surface area (Å²) in [6, 6.07) is 6.97. The molecule has 0 saturated carbocycles. The van der Waals surface area contributed by atoms with Crippen LogP contribution in [-0.2, 0) is 0 Å². The van der Waals surface area contributed by atoms with Gasteiger partial charge in [-0.15, -0.1) is 0 Å². The average Bonchev–Trinajstić information content (AvgIpc) is 2.92. The number of nitrogens with two attached hydrogens (primary N) is 1. The quantitative estimate of drug-likeness (QED) is 0.728. The molecule has 2 amide bonds. The molecule has 0 radical (unpaired) electrons. The summed E-state index contributed by atoms with van der Waals surface area (Å²) in [7, 11) is 0. The standard InChI is InChI=1S/C14H19N3O2/c15-13(18)10-3-1-4-11(9-10)14(19)17-8-6-12-5-2-7-16-12/h1,3-4,9,12,16H,2,5-8H2,(H2,15,18)(H,17,19)/t12-/m1/s1. The number of carbonyl (C=O) groups is 2. The Morgan fingerprint density at radius 2 is 2.16 bits per heavy atom.